The third-order valence-corrected chi connectivity index (χ3v) is 5.66. The molecule has 1 aliphatic heterocycles. The number of amides is 3. The summed E-state index contributed by atoms with van der Waals surface area (Å²) in [6.45, 7) is 2.47. The van der Waals surface area contributed by atoms with Crippen LogP contribution in [0.2, 0.25) is 0 Å². The number of methoxy groups -OCH3 is 2. The first-order valence-electron chi connectivity index (χ1n) is 10.9. The van der Waals surface area contributed by atoms with Crippen LogP contribution in [0.25, 0.3) is 0 Å². The van der Waals surface area contributed by atoms with Gasteiger partial charge in [-0.2, -0.15) is 0 Å². The second-order valence-electron chi connectivity index (χ2n) is 7.92. The van der Waals surface area contributed by atoms with Gasteiger partial charge in [0.2, 0.25) is 11.8 Å². The van der Waals surface area contributed by atoms with Gasteiger partial charge in [0.1, 0.15) is 6.04 Å². The second kappa shape index (κ2) is 11.3. The lowest BCUT2D eigenvalue weighted by atomic mass is 10.0. The number of carbonyl (C=O) groups excluding carboxylic acids is 3. The summed E-state index contributed by atoms with van der Waals surface area (Å²) in [6.07, 6.45) is 4.72. The third kappa shape index (κ3) is 6.21. The summed E-state index contributed by atoms with van der Waals surface area (Å²) in [4.78, 5) is 43.2. The Balaban J connectivity index is 1.62. The molecule has 9 heteroatoms. The van der Waals surface area contributed by atoms with Crippen molar-refractivity contribution in [2.75, 3.05) is 27.3 Å². The highest BCUT2D eigenvalue weighted by Crippen LogP contribution is 2.31. The van der Waals surface area contributed by atoms with E-state index in [4.69, 9.17) is 9.47 Å². The number of hydrogen-bond acceptors (Lipinski definition) is 6. The zero-order chi connectivity index (χ0) is 23.8. The normalized spacial score (nSPS) is 14.8. The number of aromatic nitrogens is 1. The number of benzene rings is 1. The van der Waals surface area contributed by atoms with Gasteiger partial charge in [0, 0.05) is 56.0 Å². The van der Waals surface area contributed by atoms with Gasteiger partial charge in [0.25, 0.3) is 5.91 Å². The van der Waals surface area contributed by atoms with E-state index in [-0.39, 0.29) is 30.2 Å². The van der Waals surface area contributed by atoms with Gasteiger partial charge in [-0.1, -0.05) is 12.1 Å². The summed E-state index contributed by atoms with van der Waals surface area (Å²) in [5.41, 5.74) is 1.36. The molecule has 2 heterocycles. The summed E-state index contributed by atoms with van der Waals surface area (Å²) in [5, 5.41) is 5.77. The Labute approximate surface area is 193 Å². The molecule has 3 amide bonds. The number of carbonyl (C=O) groups is 3. The predicted octanol–water partition coefficient (Wildman–Crippen LogP) is 1.57. The van der Waals surface area contributed by atoms with Gasteiger partial charge >= 0.3 is 0 Å². The second-order valence-corrected chi connectivity index (χ2v) is 7.92. The van der Waals surface area contributed by atoms with Gasteiger partial charge in [-0.05, 0) is 31.0 Å². The van der Waals surface area contributed by atoms with Gasteiger partial charge in [-0.15, -0.1) is 0 Å². The first kappa shape index (κ1) is 24.0. The molecule has 2 N–H and O–H groups in total. The van der Waals surface area contributed by atoms with Crippen molar-refractivity contribution in [3.63, 3.8) is 0 Å². The lowest BCUT2D eigenvalue weighted by Crippen LogP contribution is -2.53. The smallest absolute Gasteiger partial charge is 0.253 e. The average Bonchev–Trinajstić information content (AvgIpc) is 2.83. The Morgan fingerprint density at radius 3 is 2.39 bits per heavy atom. The lowest BCUT2D eigenvalue weighted by Gasteiger charge is -2.33. The molecule has 1 fully saturated rings. The van der Waals surface area contributed by atoms with Crippen LogP contribution < -0.4 is 20.1 Å². The largest absolute Gasteiger partial charge is 0.493 e. The molecule has 0 aliphatic carbocycles. The number of ether oxygens (including phenoxy) is 2. The third-order valence-electron chi connectivity index (χ3n) is 5.66. The van der Waals surface area contributed by atoms with E-state index in [0.29, 0.717) is 43.0 Å². The Morgan fingerprint density at radius 1 is 1.09 bits per heavy atom. The van der Waals surface area contributed by atoms with Crippen LogP contribution in [0.1, 0.15) is 35.7 Å². The standard InChI is InChI=1S/C24H30N4O5/c1-16(29)26-20(15-18-5-4-6-21(32-2)22(18)33-3)23(30)27-19-9-13-28(14-10-19)24(31)17-7-11-25-12-8-17/h4-8,11-12,19-20H,9-10,13-15H2,1-3H3,(H,26,29)(H,27,30)/t20-/m0/s1. The van der Waals surface area contributed by atoms with Crippen LogP contribution in [0.15, 0.2) is 42.7 Å². The van der Waals surface area contributed by atoms with Crippen molar-refractivity contribution in [3.8, 4) is 11.5 Å². The van der Waals surface area contributed by atoms with Crippen LogP contribution in [-0.4, -0.2) is 67.0 Å². The van der Waals surface area contributed by atoms with Gasteiger partial charge in [-0.25, -0.2) is 0 Å². The van der Waals surface area contributed by atoms with E-state index in [1.807, 2.05) is 12.1 Å². The van der Waals surface area contributed by atoms with Crippen molar-refractivity contribution in [2.45, 2.75) is 38.3 Å². The van der Waals surface area contributed by atoms with Crippen LogP contribution in [0, 0.1) is 0 Å². The number of nitrogens with one attached hydrogen (secondary N) is 2. The maximum atomic E-state index is 13.1. The van der Waals surface area contributed by atoms with E-state index in [1.54, 1.807) is 42.6 Å². The summed E-state index contributed by atoms with van der Waals surface area (Å²) in [5.74, 6) is 0.487. The zero-order valence-electron chi connectivity index (χ0n) is 19.2. The SMILES string of the molecule is COc1cccc(C[C@H](NC(C)=O)C(=O)NC2CCN(C(=O)c3ccncc3)CC2)c1OC. The summed E-state index contributed by atoms with van der Waals surface area (Å²) >= 11 is 0. The molecule has 1 saturated heterocycles. The molecule has 1 aromatic heterocycles. The number of likely N-dealkylation sites (tertiary alicyclic amines) is 1. The Bertz CT molecular complexity index is 974. The molecule has 176 valence electrons. The van der Waals surface area contributed by atoms with Crippen molar-refractivity contribution in [2.24, 2.45) is 0 Å². The van der Waals surface area contributed by atoms with Crippen molar-refractivity contribution >= 4 is 17.7 Å². The highest BCUT2D eigenvalue weighted by molar-refractivity contribution is 5.94. The highest BCUT2D eigenvalue weighted by atomic mass is 16.5. The van der Waals surface area contributed by atoms with Gasteiger partial charge in [0.15, 0.2) is 11.5 Å². The first-order valence-corrected chi connectivity index (χ1v) is 10.9. The predicted molar refractivity (Wildman–Crippen MR) is 122 cm³/mol. The van der Waals surface area contributed by atoms with Gasteiger partial charge < -0.3 is 25.0 Å². The summed E-state index contributed by atoms with van der Waals surface area (Å²) in [7, 11) is 3.08. The molecule has 0 radical (unpaired) electrons. The number of piperidine rings is 1. The topological polar surface area (TPSA) is 110 Å². The van der Waals surface area contributed by atoms with Crippen LogP contribution >= 0.6 is 0 Å². The zero-order valence-corrected chi connectivity index (χ0v) is 19.2. The van der Waals surface area contributed by atoms with E-state index in [2.05, 4.69) is 15.6 Å². The average molecular weight is 455 g/mol. The Kier molecular flexibility index (Phi) is 8.23. The fraction of sp³-hybridized carbons (Fsp3) is 0.417. The maximum Gasteiger partial charge on any atom is 0.253 e. The number of rotatable bonds is 8. The number of para-hydroxylation sites is 1. The van der Waals surface area contributed by atoms with Crippen molar-refractivity contribution in [1.29, 1.82) is 0 Å². The minimum Gasteiger partial charge on any atom is -0.493 e. The van der Waals surface area contributed by atoms with Crippen LogP contribution in [0.5, 0.6) is 11.5 Å². The molecule has 1 aromatic carbocycles. The molecule has 3 rings (SSSR count). The fourth-order valence-corrected chi connectivity index (χ4v) is 3.99. The minimum absolute atomic E-state index is 0.0385. The molecule has 9 nitrogen and oxygen atoms in total. The number of hydrogen-bond donors (Lipinski definition) is 2. The van der Waals surface area contributed by atoms with Crippen molar-refractivity contribution in [3.05, 3.63) is 53.9 Å². The quantitative estimate of drug-likeness (QED) is 0.627. The molecule has 0 bridgehead atoms. The van der Waals surface area contributed by atoms with Crippen molar-refractivity contribution in [1.82, 2.24) is 20.5 Å². The fourth-order valence-electron chi connectivity index (χ4n) is 3.99. The molecule has 2 aromatic rings. The van der Waals surface area contributed by atoms with E-state index < -0.39 is 6.04 Å². The van der Waals surface area contributed by atoms with E-state index >= 15 is 0 Å². The van der Waals surface area contributed by atoms with Gasteiger partial charge in [-0.3, -0.25) is 19.4 Å². The van der Waals surface area contributed by atoms with Gasteiger partial charge in [0.05, 0.1) is 14.2 Å². The molecular weight excluding hydrogens is 424 g/mol. The highest BCUT2D eigenvalue weighted by Gasteiger charge is 2.28. The Hall–Kier alpha value is -3.62. The van der Waals surface area contributed by atoms with Crippen LogP contribution in [0.4, 0.5) is 0 Å². The molecule has 0 saturated carbocycles. The maximum absolute atomic E-state index is 13.1. The molecular formula is C24H30N4O5. The van der Waals surface area contributed by atoms with E-state index in [9.17, 15) is 14.4 Å². The molecule has 0 spiro atoms. The number of nitrogens with zero attached hydrogens (tertiary/aromatic N) is 2. The molecule has 1 aliphatic rings. The van der Waals surface area contributed by atoms with E-state index in [1.165, 1.54) is 14.0 Å². The summed E-state index contributed by atoms with van der Waals surface area (Å²) < 4.78 is 10.8. The molecule has 0 unspecified atom stereocenters. The molecule has 33 heavy (non-hydrogen) atoms. The lowest BCUT2D eigenvalue weighted by molar-refractivity contribution is -0.128. The Morgan fingerprint density at radius 2 is 1.79 bits per heavy atom. The monoisotopic (exact) mass is 454 g/mol. The van der Waals surface area contributed by atoms with Crippen LogP contribution in [0.3, 0.4) is 0 Å². The summed E-state index contributed by atoms with van der Waals surface area (Å²) in [6, 6.07) is 7.98. The first-order chi connectivity index (χ1) is 15.9. The molecule has 1 atom stereocenters. The number of pyridine rings is 1. The van der Waals surface area contributed by atoms with Crippen LogP contribution in [-0.2, 0) is 16.0 Å². The van der Waals surface area contributed by atoms with Crippen molar-refractivity contribution < 1.29 is 23.9 Å². The van der Waals surface area contributed by atoms with E-state index in [0.717, 1.165) is 5.56 Å². The minimum atomic E-state index is -0.764.